The van der Waals surface area contributed by atoms with E-state index in [1.807, 2.05) is 55.5 Å². The number of ether oxygens (including phenoxy) is 2. The molecule has 0 saturated carbocycles. The van der Waals surface area contributed by atoms with Crippen molar-refractivity contribution < 1.29 is 19.1 Å². The molecule has 0 saturated heterocycles. The lowest BCUT2D eigenvalue weighted by molar-refractivity contribution is -0.145. The van der Waals surface area contributed by atoms with Crippen LogP contribution in [-0.2, 0) is 25.1 Å². The van der Waals surface area contributed by atoms with Crippen LogP contribution in [0.1, 0.15) is 55.9 Å². The predicted octanol–water partition coefficient (Wildman–Crippen LogP) is 5.54. The molecule has 1 aromatic heterocycles. The zero-order valence-corrected chi connectivity index (χ0v) is 24.4. The molecule has 0 aliphatic heterocycles. The molecular formula is C31H31BrN2O6. The number of benzene rings is 3. The molecule has 4 rings (SSSR count). The molecule has 3 aromatic carbocycles. The van der Waals surface area contributed by atoms with E-state index < -0.39 is 21.7 Å². The standard InChI is InChI=1S/C31H31BrN2O6/c1-5-39-28(36)31(4,32)23-14-11-13-21(18-23)20(3)24-15-8-7-12-22(24)19-33-27(35)25-16-9-10-17-26(25)34(29(33)37)30(38)40-6-2/h7-18,20H,5-6,19H2,1-4H3. The van der Waals surface area contributed by atoms with E-state index >= 15 is 0 Å². The molecule has 0 bridgehead atoms. The summed E-state index contributed by atoms with van der Waals surface area (Å²) in [5.41, 5.74) is 2.27. The van der Waals surface area contributed by atoms with Crippen LogP contribution in [-0.4, -0.2) is 34.4 Å². The number of nitrogens with zero attached hydrogens (tertiary/aromatic N) is 2. The molecule has 0 aliphatic carbocycles. The summed E-state index contributed by atoms with van der Waals surface area (Å²) in [6.45, 7) is 7.51. The van der Waals surface area contributed by atoms with E-state index in [-0.39, 0.29) is 42.5 Å². The van der Waals surface area contributed by atoms with Crippen LogP contribution >= 0.6 is 15.9 Å². The Hall–Kier alpha value is -3.98. The number of carbonyl (C=O) groups excluding carboxylic acids is 2. The molecule has 0 radical (unpaired) electrons. The van der Waals surface area contributed by atoms with Gasteiger partial charge in [-0.05, 0) is 55.2 Å². The minimum Gasteiger partial charge on any atom is -0.465 e. The number of halogens is 1. The van der Waals surface area contributed by atoms with Gasteiger partial charge in [0.1, 0.15) is 4.32 Å². The van der Waals surface area contributed by atoms with Gasteiger partial charge in [-0.2, -0.15) is 4.57 Å². The van der Waals surface area contributed by atoms with Crippen molar-refractivity contribution in [2.45, 2.75) is 44.5 Å². The van der Waals surface area contributed by atoms with Gasteiger partial charge in [0.2, 0.25) is 0 Å². The summed E-state index contributed by atoms with van der Waals surface area (Å²) in [5.74, 6) is -0.529. The number of esters is 1. The highest BCUT2D eigenvalue weighted by Gasteiger charge is 2.34. The molecule has 208 valence electrons. The van der Waals surface area contributed by atoms with Gasteiger partial charge in [0.25, 0.3) is 5.56 Å². The second-order valence-electron chi connectivity index (χ2n) is 9.49. The molecule has 2 atom stereocenters. The van der Waals surface area contributed by atoms with Gasteiger partial charge in [0.05, 0.1) is 30.7 Å². The van der Waals surface area contributed by atoms with Gasteiger partial charge in [-0.1, -0.05) is 83.5 Å². The lowest BCUT2D eigenvalue weighted by Crippen LogP contribution is -2.43. The van der Waals surface area contributed by atoms with Crippen LogP contribution in [0.2, 0.25) is 0 Å². The van der Waals surface area contributed by atoms with Gasteiger partial charge in [-0.25, -0.2) is 9.59 Å². The van der Waals surface area contributed by atoms with Crippen LogP contribution < -0.4 is 11.2 Å². The lowest BCUT2D eigenvalue weighted by atomic mass is 9.87. The second kappa shape index (κ2) is 12.0. The fourth-order valence-electron chi connectivity index (χ4n) is 4.74. The smallest absolute Gasteiger partial charge is 0.422 e. The molecule has 0 aliphatic rings. The van der Waals surface area contributed by atoms with Gasteiger partial charge in [-0.15, -0.1) is 0 Å². The van der Waals surface area contributed by atoms with Crippen molar-refractivity contribution in [1.29, 1.82) is 0 Å². The first-order chi connectivity index (χ1) is 19.1. The fourth-order valence-corrected chi connectivity index (χ4v) is 5.11. The predicted molar refractivity (Wildman–Crippen MR) is 157 cm³/mol. The maximum Gasteiger partial charge on any atom is 0.422 e. The Morgan fingerprint density at radius 1 is 0.925 bits per heavy atom. The Balaban J connectivity index is 1.79. The lowest BCUT2D eigenvalue weighted by Gasteiger charge is -2.23. The Morgan fingerprint density at radius 2 is 1.60 bits per heavy atom. The summed E-state index contributed by atoms with van der Waals surface area (Å²) >= 11 is 3.53. The third-order valence-corrected chi connectivity index (χ3v) is 7.71. The molecule has 9 heteroatoms. The van der Waals surface area contributed by atoms with E-state index in [1.54, 1.807) is 45.0 Å². The number of aromatic nitrogens is 2. The van der Waals surface area contributed by atoms with Crippen LogP contribution in [0.5, 0.6) is 0 Å². The highest BCUT2D eigenvalue weighted by atomic mass is 79.9. The maximum atomic E-state index is 13.5. The van der Waals surface area contributed by atoms with Gasteiger partial charge >= 0.3 is 17.8 Å². The van der Waals surface area contributed by atoms with Crippen LogP contribution in [0.25, 0.3) is 10.9 Å². The Labute approximate surface area is 240 Å². The van der Waals surface area contributed by atoms with Crippen LogP contribution in [0.3, 0.4) is 0 Å². The number of hydrogen-bond acceptors (Lipinski definition) is 6. The Kier molecular flexibility index (Phi) is 8.73. The number of rotatable bonds is 8. The monoisotopic (exact) mass is 606 g/mol. The van der Waals surface area contributed by atoms with Gasteiger partial charge in [0, 0.05) is 5.92 Å². The maximum absolute atomic E-state index is 13.5. The first-order valence-corrected chi connectivity index (χ1v) is 13.9. The molecule has 4 aromatic rings. The van der Waals surface area contributed by atoms with Gasteiger partial charge in [-0.3, -0.25) is 14.2 Å². The minimum atomic E-state index is -1.02. The average Bonchev–Trinajstić information content (AvgIpc) is 2.95. The number of hydrogen-bond donors (Lipinski definition) is 0. The van der Waals surface area contributed by atoms with E-state index in [0.29, 0.717) is 0 Å². The summed E-state index contributed by atoms with van der Waals surface area (Å²) in [5, 5.41) is 0.240. The van der Waals surface area contributed by atoms with Crippen LogP contribution in [0.15, 0.2) is 82.4 Å². The van der Waals surface area contributed by atoms with Crippen molar-refractivity contribution in [3.63, 3.8) is 0 Å². The second-order valence-corrected chi connectivity index (χ2v) is 11.1. The van der Waals surface area contributed by atoms with E-state index in [2.05, 4.69) is 15.9 Å². The molecule has 2 unspecified atom stereocenters. The normalized spacial score (nSPS) is 13.4. The number of carbonyl (C=O) groups is 2. The first kappa shape index (κ1) is 29.0. The largest absolute Gasteiger partial charge is 0.465 e. The van der Waals surface area contributed by atoms with Crippen molar-refractivity contribution >= 4 is 38.9 Å². The van der Waals surface area contributed by atoms with E-state index in [1.165, 1.54) is 0 Å². The van der Waals surface area contributed by atoms with Crippen molar-refractivity contribution in [2.75, 3.05) is 13.2 Å². The van der Waals surface area contributed by atoms with E-state index in [4.69, 9.17) is 9.47 Å². The van der Waals surface area contributed by atoms with Crippen LogP contribution in [0.4, 0.5) is 4.79 Å². The van der Waals surface area contributed by atoms with Gasteiger partial charge in [0.15, 0.2) is 0 Å². The highest BCUT2D eigenvalue weighted by Crippen LogP contribution is 2.35. The van der Waals surface area contributed by atoms with Gasteiger partial charge < -0.3 is 9.47 Å². The molecule has 0 spiro atoms. The molecule has 1 heterocycles. The summed E-state index contributed by atoms with van der Waals surface area (Å²) in [6.07, 6.45) is -0.838. The zero-order valence-electron chi connectivity index (χ0n) is 22.8. The quantitative estimate of drug-likeness (QED) is 0.193. The molecular weight excluding hydrogens is 576 g/mol. The summed E-state index contributed by atoms with van der Waals surface area (Å²) in [6, 6.07) is 21.7. The third kappa shape index (κ3) is 5.51. The molecule has 0 amide bonds. The SMILES string of the molecule is CCOC(=O)n1c(=O)n(Cc2ccccc2C(C)c2cccc(C(C)(Br)C(=O)OCC)c2)c(=O)c2ccccc21. The minimum absolute atomic E-state index is 0.0406. The summed E-state index contributed by atoms with van der Waals surface area (Å²) in [4.78, 5) is 52.3. The third-order valence-electron chi connectivity index (χ3n) is 6.93. The highest BCUT2D eigenvalue weighted by molar-refractivity contribution is 9.10. The van der Waals surface area contributed by atoms with Crippen molar-refractivity contribution in [1.82, 2.24) is 9.13 Å². The number of alkyl halides is 1. The first-order valence-electron chi connectivity index (χ1n) is 13.1. The fraction of sp³-hybridized carbons (Fsp3) is 0.290. The molecule has 0 fully saturated rings. The summed E-state index contributed by atoms with van der Waals surface area (Å²) < 4.78 is 11.3. The number of fused-ring (bicyclic) bond motifs is 1. The van der Waals surface area contributed by atoms with Crippen molar-refractivity contribution in [2.24, 2.45) is 0 Å². The summed E-state index contributed by atoms with van der Waals surface area (Å²) in [7, 11) is 0. The molecule has 8 nitrogen and oxygen atoms in total. The van der Waals surface area contributed by atoms with Crippen LogP contribution in [0, 0.1) is 0 Å². The Morgan fingerprint density at radius 3 is 2.33 bits per heavy atom. The van der Waals surface area contributed by atoms with E-state index in [0.717, 1.165) is 31.4 Å². The average molecular weight is 608 g/mol. The number of para-hydroxylation sites is 1. The van der Waals surface area contributed by atoms with Crippen molar-refractivity contribution in [3.8, 4) is 0 Å². The molecule has 40 heavy (non-hydrogen) atoms. The zero-order chi connectivity index (χ0) is 29.0. The van der Waals surface area contributed by atoms with Crippen molar-refractivity contribution in [3.05, 3.63) is 116 Å². The molecule has 0 N–H and O–H groups in total. The van der Waals surface area contributed by atoms with E-state index in [9.17, 15) is 19.2 Å². The topological polar surface area (TPSA) is 96.6 Å². The Bertz CT molecular complexity index is 1690.